The molecule has 0 spiro atoms. The van der Waals surface area contributed by atoms with Crippen molar-refractivity contribution >= 4 is 5.78 Å². The second-order valence-corrected chi connectivity index (χ2v) is 3.27. The van der Waals surface area contributed by atoms with Crippen molar-refractivity contribution in [1.82, 2.24) is 4.98 Å². The molecule has 80 valence electrons. The highest BCUT2D eigenvalue weighted by molar-refractivity contribution is 6.09. The zero-order chi connectivity index (χ0) is 11.5. The molecule has 4 heteroatoms. The zero-order valence-electron chi connectivity index (χ0n) is 8.29. The van der Waals surface area contributed by atoms with Crippen molar-refractivity contribution in [1.29, 1.82) is 0 Å². The number of nitrogens with zero attached hydrogens (tertiary/aromatic N) is 1. The molecule has 0 fully saturated rings. The number of carbonyl (C=O) groups excluding carboxylic acids is 1. The van der Waals surface area contributed by atoms with Crippen LogP contribution in [0.15, 0.2) is 42.7 Å². The molecule has 0 aliphatic carbocycles. The van der Waals surface area contributed by atoms with Crippen molar-refractivity contribution in [3.63, 3.8) is 0 Å². The molecule has 4 nitrogen and oxygen atoms in total. The molecule has 2 N–H and O–H groups in total. The van der Waals surface area contributed by atoms with Gasteiger partial charge in [-0.2, -0.15) is 0 Å². The largest absolute Gasteiger partial charge is 0.504 e. The third kappa shape index (κ3) is 1.86. The maximum Gasteiger partial charge on any atom is 0.193 e. The maximum absolute atomic E-state index is 11.9. The highest BCUT2D eigenvalue weighted by Gasteiger charge is 2.10. The van der Waals surface area contributed by atoms with Crippen LogP contribution in [-0.2, 0) is 0 Å². The molecule has 16 heavy (non-hydrogen) atoms. The van der Waals surface area contributed by atoms with Crippen LogP contribution >= 0.6 is 0 Å². The van der Waals surface area contributed by atoms with Crippen LogP contribution in [0.4, 0.5) is 0 Å². The lowest BCUT2D eigenvalue weighted by Gasteiger charge is -2.02. The highest BCUT2D eigenvalue weighted by Crippen LogP contribution is 2.25. The predicted molar refractivity (Wildman–Crippen MR) is 57.4 cm³/mol. The minimum Gasteiger partial charge on any atom is -0.504 e. The zero-order valence-corrected chi connectivity index (χ0v) is 8.29. The molecule has 1 aromatic carbocycles. The quantitative estimate of drug-likeness (QED) is 0.591. The van der Waals surface area contributed by atoms with E-state index in [4.69, 9.17) is 5.11 Å². The fraction of sp³-hybridized carbons (Fsp3) is 0. The van der Waals surface area contributed by atoms with E-state index in [1.54, 1.807) is 12.1 Å². The Hall–Kier alpha value is -2.36. The summed E-state index contributed by atoms with van der Waals surface area (Å²) in [5.74, 6) is -0.774. The van der Waals surface area contributed by atoms with Gasteiger partial charge in [-0.15, -0.1) is 0 Å². The summed E-state index contributed by atoms with van der Waals surface area (Å²) in [6.45, 7) is 0. The van der Waals surface area contributed by atoms with Crippen molar-refractivity contribution in [2.45, 2.75) is 0 Å². The first-order valence-corrected chi connectivity index (χ1v) is 4.65. The molecule has 0 aliphatic heterocycles. The summed E-state index contributed by atoms with van der Waals surface area (Å²) in [7, 11) is 0. The van der Waals surface area contributed by atoms with Crippen molar-refractivity contribution in [3.8, 4) is 11.5 Å². The van der Waals surface area contributed by atoms with Gasteiger partial charge in [0.1, 0.15) is 0 Å². The van der Waals surface area contributed by atoms with Gasteiger partial charge in [0.15, 0.2) is 17.3 Å². The van der Waals surface area contributed by atoms with Crippen LogP contribution in [0.3, 0.4) is 0 Å². The van der Waals surface area contributed by atoms with Crippen LogP contribution < -0.4 is 0 Å². The number of phenolic OH excluding ortho intramolecular Hbond substituents is 2. The summed E-state index contributed by atoms with van der Waals surface area (Å²) in [6.07, 6.45) is 3.04. The Labute approximate surface area is 91.8 Å². The monoisotopic (exact) mass is 215 g/mol. The second kappa shape index (κ2) is 4.02. The average Bonchev–Trinajstić information content (AvgIpc) is 2.33. The normalized spacial score (nSPS) is 10.0. The third-order valence-electron chi connectivity index (χ3n) is 2.18. The number of phenols is 2. The van der Waals surface area contributed by atoms with Gasteiger partial charge in [0.05, 0.1) is 0 Å². The van der Waals surface area contributed by atoms with Crippen LogP contribution in [0.5, 0.6) is 11.5 Å². The summed E-state index contributed by atoms with van der Waals surface area (Å²) >= 11 is 0. The Morgan fingerprint density at radius 3 is 2.25 bits per heavy atom. The number of pyridine rings is 1. The number of aromatic hydroxyl groups is 2. The molecule has 0 bridgehead atoms. The molecule has 0 saturated carbocycles. The molecule has 0 saturated heterocycles. The Morgan fingerprint density at radius 1 is 0.938 bits per heavy atom. The summed E-state index contributed by atoms with van der Waals surface area (Å²) in [5, 5.41) is 18.4. The van der Waals surface area contributed by atoms with Crippen molar-refractivity contribution in [3.05, 3.63) is 53.9 Å². The van der Waals surface area contributed by atoms with Crippen LogP contribution in [0.2, 0.25) is 0 Å². The Balaban J connectivity index is 2.39. The number of hydrogen-bond donors (Lipinski definition) is 2. The fourth-order valence-corrected chi connectivity index (χ4v) is 1.33. The standard InChI is InChI=1S/C12H9NO3/c14-10-2-1-9(7-11(10)15)12(16)8-3-5-13-6-4-8/h1-7,14-15H. The van der Waals surface area contributed by atoms with E-state index >= 15 is 0 Å². The van der Waals surface area contributed by atoms with Gasteiger partial charge in [-0.05, 0) is 30.3 Å². The minimum absolute atomic E-state index is 0.224. The summed E-state index contributed by atoms with van der Waals surface area (Å²) in [4.78, 5) is 15.7. The lowest BCUT2D eigenvalue weighted by Crippen LogP contribution is -2.00. The lowest BCUT2D eigenvalue weighted by atomic mass is 10.0. The minimum atomic E-state index is -0.306. The van der Waals surface area contributed by atoms with Gasteiger partial charge in [-0.3, -0.25) is 9.78 Å². The van der Waals surface area contributed by atoms with Gasteiger partial charge in [0.2, 0.25) is 0 Å². The molecule has 2 rings (SSSR count). The van der Waals surface area contributed by atoms with E-state index < -0.39 is 0 Å². The van der Waals surface area contributed by atoms with Crippen LogP contribution in [0.25, 0.3) is 0 Å². The number of rotatable bonds is 2. The summed E-state index contributed by atoms with van der Waals surface area (Å²) in [6, 6.07) is 7.15. The van der Waals surface area contributed by atoms with E-state index in [9.17, 15) is 9.90 Å². The van der Waals surface area contributed by atoms with Gasteiger partial charge in [-0.1, -0.05) is 0 Å². The number of ketones is 1. The molecule has 0 atom stereocenters. The molecule has 1 heterocycles. The summed E-state index contributed by atoms with van der Waals surface area (Å²) < 4.78 is 0. The van der Waals surface area contributed by atoms with E-state index in [0.29, 0.717) is 11.1 Å². The molecular weight excluding hydrogens is 206 g/mol. The Bertz CT molecular complexity index is 523. The lowest BCUT2D eigenvalue weighted by molar-refractivity contribution is 0.103. The Kier molecular flexibility index (Phi) is 2.55. The topological polar surface area (TPSA) is 70.4 Å². The first kappa shape index (κ1) is 10.2. The van der Waals surface area contributed by atoms with Gasteiger partial charge in [-0.25, -0.2) is 0 Å². The number of hydrogen-bond acceptors (Lipinski definition) is 4. The smallest absolute Gasteiger partial charge is 0.193 e. The van der Waals surface area contributed by atoms with Gasteiger partial charge < -0.3 is 10.2 Å². The third-order valence-corrected chi connectivity index (χ3v) is 2.18. The van der Waals surface area contributed by atoms with E-state index in [0.717, 1.165) is 0 Å². The SMILES string of the molecule is O=C(c1ccncc1)c1ccc(O)c(O)c1. The number of benzene rings is 1. The molecular formula is C12H9NO3. The Morgan fingerprint density at radius 2 is 1.62 bits per heavy atom. The van der Waals surface area contributed by atoms with E-state index in [-0.39, 0.29) is 17.3 Å². The maximum atomic E-state index is 11.9. The van der Waals surface area contributed by atoms with Crippen LogP contribution in [-0.4, -0.2) is 21.0 Å². The molecule has 1 aromatic heterocycles. The van der Waals surface area contributed by atoms with E-state index in [1.165, 1.54) is 30.6 Å². The van der Waals surface area contributed by atoms with Gasteiger partial charge in [0, 0.05) is 23.5 Å². The van der Waals surface area contributed by atoms with Gasteiger partial charge in [0.25, 0.3) is 0 Å². The fourth-order valence-electron chi connectivity index (χ4n) is 1.33. The molecule has 0 unspecified atom stereocenters. The molecule has 0 radical (unpaired) electrons. The van der Waals surface area contributed by atoms with E-state index in [1.807, 2.05) is 0 Å². The summed E-state index contributed by atoms with van der Waals surface area (Å²) in [5.41, 5.74) is 0.807. The highest BCUT2D eigenvalue weighted by atomic mass is 16.3. The van der Waals surface area contributed by atoms with Crippen molar-refractivity contribution in [2.75, 3.05) is 0 Å². The molecule has 2 aromatic rings. The predicted octanol–water partition coefficient (Wildman–Crippen LogP) is 1.72. The average molecular weight is 215 g/mol. The second-order valence-electron chi connectivity index (χ2n) is 3.27. The van der Waals surface area contributed by atoms with E-state index in [2.05, 4.69) is 4.98 Å². The van der Waals surface area contributed by atoms with Crippen molar-refractivity contribution in [2.24, 2.45) is 0 Å². The van der Waals surface area contributed by atoms with Crippen LogP contribution in [0, 0.1) is 0 Å². The van der Waals surface area contributed by atoms with Crippen LogP contribution in [0.1, 0.15) is 15.9 Å². The first-order chi connectivity index (χ1) is 7.68. The number of aromatic nitrogens is 1. The number of carbonyl (C=O) groups is 1. The van der Waals surface area contributed by atoms with Crippen molar-refractivity contribution < 1.29 is 15.0 Å². The first-order valence-electron chi connectivity index (χ1n) is 4.65. The molecule has 0 amide bonds. The van der Waals surface area contributed by atoms with Gasteiger partial charge >= 0.3 is 0 Å². The molecule has 0 aliphatic rings.